The lowest BCUT2D eigenvalue weighted by atomic mass is 10.1. The zero-order valence-corrected chi connectivity index (χ0v) is 14.8. The molecule has 3 rings (SSSR count). The van der Waals surface area contributed by atoms with Gasteiger partial charge in [-0.05, 0) is 24.3 Å². The molecule has 0 radical (unpaired) electrons. The van der Waals surface area contributed by atoms with Crippen LogP contribution in [-0.4, -0.2) is 16.2 Å². The molecule has 1 aromatic carbocycles. The third-order valence-corrected chi connectivity index (χ3v) is 4.05. The second kappa shape index (κ2) is 8.07. The van der Waals surface area contributed by atoms with Gasteiger partial charge < -0.3 is 19.7 Å². The maximum Gasteiger partial charge on any atom is 0.404 e. The predicted octanol–water partition coefficient (Wildman–Crippen LogP) is 4.22. The molecule has 0 aliphatic carbocycles. The molecule has 0 aliphatic rings. The topological polar surface area (TPSA) is 100 Å². The molecule has 134 valence electrons. The minimum absolute atomic E-state index is 0.0724. The predicted molar refractivity (Wildman–Crippen MR) is 94.9 cm³/mol. The van der Waals surface area contributed by atoms with Crippen molar-refractivity contribution in [3.8, 4) is 17.0 Å². The maximum atomic E-state index is 10.6. The van der Waals surface area contributed by atoms with E-state index >= 15 is 0 Å². The average molecular weight is 394 g/mol. The molecule has 0 bridgehead atoms. The van der Waals surface area contributed by atoms with Crippen LogP contribution in [0.3, 0.4) is 0 Å². The van der Waals surface area contributed by atoms with Crippen molar-refractivity contribution in [3.63, 3.8) is 0 Å². The average Bonchev–Trinajstić information content (AvgIpc) is 3.09. The molecular weight excluding hydrogens is 381 g/mol. The van der Waals surface area contributed by atoms with Crippen LogP contribution >= 0.6 is 23.2 Å². The number of aromatic nitrogens is 2. The van der Waals surface area contributed by atoms with Crippen LogP contribution < -0.4 is 10.5 Å². The molecule has 0 saturated carbocycles. The van der Waals surface area contributed by atoms with E-state index in [0.29, 0.717) is 32.8 Å². The number of ether oxygens (including phenoxy) is 2. The van der Waals surface area contributed by atoms with Crippen LogP contribution in [0.1, 0.15) is 11.3 Å². The number of rotatable bonds is 6. The van der Waals surface area contributed by atoms with Crippen molar-refractivity contribution in [1.29, 1.82) is 0 Å². The lowest BCUT2D eigenvalue weighted by Gasteiger charge is -2.09. The lowest BCUT2D eigenvalue weighted by Crippen LogP contribution is -2.12. The number of pyridine rings is 1. The summed E-state index contributed by atoms with van der Waals surface area (Å²) in [5.74, 6) is 1.03. The van der Waals surface area contributed by atoms with Crippen molar-refractivity contribution in [2.45, 2.75) is 13.2 Å². The van der Waals surface area contributed by atoms with Gasteiger partial charge in [-0.15, -0.1) is 0 Å². The van der Waals surface area contributed by atoms with Crippen LogP contribution in [0.4, 0.5) is 4.79 Å². The summed E-state index contributed by atoms with van der Waals surface area (Å²) in [6.45, 7) is 0.148. The highest BCUT2D eigenvalue weighted by atomic mass is 35.5. The molecule has 1 amide bonds. The first-order valence-corrected chi connectivity index (χ1v) is 8.17. The smallest absolute Gasteiger partial charge is 0.404 e. The molecule has 0 unspecified atom stereocenters. The summed E-state index contributed by atoms with van der Waals surface area (Å²) in [6, 6.07) is 8.87. The van der Waals surface area contributed by atoms with E-state index in [1.54, 1.807) is 18.2 Å². The first-order chi connectivity index (χ1) is 12.5. The van der Waals surface area contributed by atoms with E-state index < -0.39 is 6.09 Å². The van der Waals surface area contributed by atoms with E-state index in [2.05, 4.69) is 14.9 Å². The first kappa shape index (κ1) is 18.0. The van der Waals surface area contributed by atoms with Crippen molar-refractivity contribution in [2.24, 2.45) is 5.73 Å². The molecule has 7 nitrogen and oxygen atoms in total. The fourth-order valence-electron chi connectivity index (χ4n) is 2.11. The Hall–Kier alpha value is -2.77. The van der Waals surface area contributed by atoms with Crippen LogP contribution in [0, 0.1) is 0 Å². The lowest BCUT2D eigenvalue weighted by molar-refractivity contribution is 0.137. The fourth-order valence-corrected chi connectivity index (χ4v) is 2.59. The van der Waals surface area contributed by atoms with E-state index in [0.717, 1.165) is 5.56 Å². The van der Waals surface area contributed by atoms with E-state index in [1.165, 1.54) is 12.4 Å². The molecule has 9 heteroatoms. The van der Waals surface area contributed by atoms with Gasteiger partial charge in [0.15, 0.2) is 12.4 Å². The number of benzene rings is 1. The zero-order chi connectivity index (χ0) is 18.5. The van der Waals surface area contributed by atoms with Gasteiger partial charge in [-0.25, -0.2) is 4.79 Å². The summed E-state index contributed by atoms with van der Waals surface area (Å²) < 4.78 is 15.4. The van der Waals surface area contributed by atoms with E-state index in [9.17, 15) is 4.79 Å². The highest BCUT2D eigenvalue weighted by Crippen LogP contribution is 2.26. The van der Waals surface area contributed by atoms with Crippen LogP contribution in [-0.2, 0) is 18.0 Å². The third-order valence-electron chi connectivity index (χ3n) is 3.40. The molecule has 0 saturated heterocycles. The quantitative estimate of drug-likeness (QED) is 0.672. The number of carbonyl (C=O) groups is 1. The monoisotopic (exact) mass is 393 g/mol. The Morgan fingerprint density at radius 2 is 1.81 bits per heavy atom. The van der Waals surface area contributed by atoms with Gasteiger partial charge in [-0.3, -0.25) is 4.98 Å². The minimum atomic E-state index is -0.876. The third kappa shape index (κ3) is 4.44. The number of hydrogen-bond donors (Lipinski definition) is 1. The zero-order valence-electron chi connectivity index (χ0n) is 13.3. The summed E-state index contributed by atoms with van der Waals surface area (Å²) in [4.78, 5) is 14.5. The molecule has 3 aromatic rings. The Labute approximate surface area is 158 Å². The fraction of sp³-hybridized carbons (Fsp3) is 0.118. The van der Waals surface area contributed by atoms with Crippen molar-refractivity contribution in [1.82, 2.24) is 10.1 Å². The van der Waals surface area contributed by atoms with Gasteiger partial charge in [-0.1, -0.05) is 28.4 Å². The number of carbonyl (C=O) groups excluding carboxylic acids is 1. The number of nitrogens with zero attached hydrogens (tertiary/aromatic N) is 2. The van der Waals surface area contributed by atoms with Gasteiger partial charge in [0.25, 0.3) is 0 Å². The van der Waals surface area contributed by atoms with Gasteiger partial charge in [0.2, 0.25) is 0 Å². The molecule has 0 fully saturated rings. The number of hydrogen-bond acceptors (Lipinski definition) is 6. The van der Waals surface area contributed by atoms with Crippen LogP contribution in [0.5, 0.6) is 5.75 Å². The maximum absolute atomic E-state index is 10.6. The van der Waals surface area contributed by atoms with E-state index in [-0.39, 0.29) is 13.2 Å². The van der Waals surface area contributed by atoms with Gasteiger partial charge >= 0.3 is 6.09 Å². The summed E-state index contributed by atoms with van der Waals surface area (Å²) in [7, 11) is 0. The summed E-state index contributed by atoms with van der Waals surface area (Å²) >= 11 is 12.1. The highest BCUT2D eigenvalue weighted by Gasteiger charge is 2.10. The number of halogens is 2. The second-order valence-electron chi connectivity index (χ2n) is 5.18. The number of amides is 1. The molecule has 0 spiro atoms. The molecule has 0 atom stereocenters. The first-order valence-electron chi connectivity index (χ1n) is 7.42. The van der Waals surface area contributed by atoms with Gasteiger partial charge in [-0.2, -0.15) is 0 Å². The Morgan fingerprint density at radius 1 is 1.12 bits per heavy atom. The molecule has 26 heavy (non-hydrogen) atoms. The molecular formula is C17H13Cl2N3O4. The molecule has 2 N–H and O–H groups in total. The van der Waals surface area contributed by atoms with Gasteiger partial charge in [0.1, 0.15) is 18.1 Å². The van der Waals surface area contributed by atoms with Gasteiger partial charge in [0, 0.05) is 29.6 Å². The van der Waals surface area contributed by atoms with Crippen LogP contribution in [0.15, 0.2) is 47.2 Å². The Kier molecular flexibility index (Phi) is 5.60. The normalized spacial score (nSPS) is 10.5. The Morgan fingerprint density at radius 3 is 2.46 bits per heavy atom. The summed E-state index contributed by atoms with van der Waals surface area (Å²) in [5, 5.41) is 4.81. The van der Waals surface area contributed by atoms with Crippen molar-refractivity contribution < 1.29 is 18.8 Å². The van der Waals surface area contributed by atoms with E-state index in [4.69, 9.17) is 38.2 Å². The minimum Gasteiger partial charge on any atom is -0.489 e. The summed E-state index contributed by atoms with van der Waals surface area (Å²) in [6.07, 6.45) is 2.15. The highest BCUT2D eigenvalue weighted by molar-refractivity contribution is 6.35. The van der Waals surface area contributed by atoms with Crippen molar-refractivity contribution in [3.05, 3.63) is 64.1 Å². The largest absolute Gasteiger partial charge is 0.489 e. The van der Waals surface area contributed by atoms with Crippen molar-refractivity contribution >= 4 is 29.3 Å². The Balaban J connectivity index is 1.64. The van der Waals surface area contributed by atoms with Crippen LogP contribution in [0.2, 0.25) is 10.0 Å². The van der Waals surface area contributed by atoms with Gasteiger partial charge in [0.05, 0.1) is 10.0 Å². The Bertz CT molecular complexity index is 892. The van der Waals surface area contributed by atoms with Crippen molar-refractivity contribution in [2.75, 3.05) is 0 Å². The van der Waals surface area contributed by atoms with Crippen LogP contribution in [0.25, 0.3) is 11.3 Å². The SMILES string of the molecule is NC(=O)OCc1cc(-c2ccc(OCc3c(Cl)cncc3Cl)cc2)no1. The number of primary amides is 1. The molecule has 0 aliphatic heterocycles. The summed E-state index contributed by atoms with van der Waals surface area (Å²) in [5.41, 5.74) is 6.98. The molecule has 2 aromatic heterocycles. The standard InChI is InChI=1S/C17H13Cl2N3O4/c18-14-6-21-7-15(19)13(14)9-24-11-3-1-10(2-4-11)16-5-12(26-22-16)8-25-17(20)23/h1-7H,8-9H2,(H2,20,23). The molecule has 2 heterocycles. The second-order valence-corrected chi connectivity index (χ2v) is 6.00. The van der Waals surface area contributed by atoms with E-state index in [1.807, 2.05) is 12.1 Å². The number of nitrogens with two attached hydrogens (primary N) is 1.